The van der Waals surface area contributed by atoms with Gasteiger partial charge in [0, 0.05) is 34.6 Å². The molecular formula is C21H22FNO5S. The molecule has 0 saturated carbocycles. The molecule has 6 nitrogen and oxygen atoms in total. The van der Waals surface area contributed by atoms with Crippen molar-refractivity contribution in [2.45, 2.75) is 26.3 Å². The maximum absolute atomic E-state index is 13.5. The minimum atomic E-state index is -3.05. The maximum Gasteiger partial charge on any atom is 0.331 e. The molecule has 0 aliphatic carbocycles. The molecule has 1 aromatic carbocycles. The summed E-state index contributed by atoms with van der Waals surface area (Å²) in [5.74, 6) is -1.39. The van der Waals surface area contributed by atoms with Crippen LogP contribution in [0.4, 0.5) is 4.39 Å². The number of rotatable bonds is 6. The molecule has 2 aromatic rings. The van der Waals surface area contributed by atoms with Crippen LogP contribution < -0.4 is 0 Å². The maximum atomic E-state index is 13.5. The average molecular weight is 419 g/mol. The van der Waals surface area contributed by atoms with Gasteiger partial charge in [0.1, 0.15) is 5.82 Å². The van der Waals surface area contributed by atoms with Crippen LogP contribution in [0.3, 0.4) is 0 Å². The Balaban J connectivity index is 1.65. The number of aromatic nitrogens is 1. The quantitative estimate of drug-likeness (QED) is 0.408. The standard InChI is InChI=1S/C21H22FNO5S/c1-14-11-18(15(2)23(14)17-9-10-29(26,27)13-17)20(24)12-28-21(25)8-7-16-5-3-4-6-19(16)22/h3-8,11,17H,9-10,12-13H2,1-2H3/b8-7+/t17-/m0/s1. The summed E-state index contributed by atoms with van der Waals surface area (Å²) < 4.78 is 43.9. The number of hydrogen-bond donors (Lipinski definition) is 0. The zero-order valence-electron chi connectivity index (χ0n) is 16.2. The van der Waals surface area contributed by atoms with E-state index in [1.54, 1.807) is 25.1 Å². The first-order valence-electron chi connectivity index (χ1n) is 9.19. The first-order valence-corrected chi connectivity index (χ1v) is 11.0. The first-order chi connectivity index (χ1) is 13.7. The van der Waals surface area contributed by atoms with E-state index >= 15 is 0 Å². The van der Waals surface area contributed by atoms with Gasteiger partial charge in [0.15, 0.2) is 16.4 Å². The van der Waals surface area contributed by atoms with E-state index in [2.05, 4.69) is 0 Å². The lowest BCUT2D eigenvalue weighted by molar-refractivity contribution is -0.136. The Morgan fingerprint density at radius 1 is 1.28 bits per heavy atom. The van der Waals surface area contributed by atoms with Gasteiger partial charge in [-0.2, -0.15) is 0 Å². The van der Waals surface area contributed by atoms with Crippen LogP contribution in [0.1, 0.15) is 39.8 Å². The van der Waals surface area contributed by atoms with Gasteiger partial charge in [0.25, 0.3) is 0 Å². The summed E-state index contributed by atoms with van der Waals surface area (Å²) in [7, 11) is -3.05. The van der Waals surface area contributed by atoms with E-state index in [1.807, 2.05) is 11.5 Å². The van der Waals surface area contributed by atoms with Crippen molar-refractivity contribution in [2.24, 2.45) is 0 Å². The van der Waals surface area contributed by atoms with Crippen LogP contribution in [0, 0.1) is 19.7 Å². The number of sulfone groups is 1. The molecule has 0 bridgehead atoms. The highest BCUT2D eigenvalue weighted by Crippen LogP contribution is 2.29. The Morgan fingerprint density at radius 2 is 2.00 bits per heavy atom. The normalized spacial score (nSPS) is 18.2. The van der Waals surface area contributed by atoms with E-state index in [0.717, 1.165) is 11.8 Å². The molecule has 1 saturated heterocycles. The van der Waals surface area contributed by atoms with Crippen molar-refractivity contribution >= 4 is 27.7 Å². The van der Waals surface area contributed by atoms with Crippen molar-refractivity contribution in [1.82, 2.24) is 4.57 Å². The lowest BCUT2D eigenvalue weighted by Gasteiger charge is -2.16. The summed E-state index contributed by atoms with van der Waals surface area (Å²) >= 11 is 0. The molecule has 1 fully saturated rings. The summed E-state index contributed by atoms with van der Waals surface area (Å²) in [4.78, 5) is 24.4. The van der Waals surface area contributed by atoms with E-state index < -0.39 is 28.2 Å². The summed E-state index contributed by atoms with van der Waals surface area (Å²) in [6, 6.07) is 7.48. The molecule has 29 heavy (non-hydrogen) atoms. The lowest BCUT2D eigenvalue weighted by Crippen LogP contribution is -2.16. The number of carbonyl (C=O) groups excluding carboxylic acids is 2. The number of carbonyl (C=O) groups is 2. The SMILES string of the molecule is Cc1cc(C(=O)COC(=O)/C=C/c2ccccc2F)c(C)n1[C@H]1CCS(=O)(=O)C1. The Morgan fingerprint density at radius 3 is 2.66 bits per heavy atom. The summed E-state index contributed by atoms with van der Waals surface area (Å²) in [5.41, 5.74) is 2.09. The number of halogens is 1. The molecule has 8 heteroatoms. The van der Waals surface area contributed by atoms with Crippen LogP contribution in [0.2, 0.25) is 0 Å². The molecule has 0 N–H and O–H groups in total. The number of hydrogen-bond acceptors (Lipinski definition) is 5. The van der Waals surface area contributed by atoms with Crippen LogP contribution in [0.25, 0.3) is 6.08 Å². The Bertz CT molecular complexity index is 1080. The number of aryl methyl sites for hydroxylation is 1. The van der Waals surface area contributed by atoms with Crippen molar-refractivity contribution in [2.75, 3.05) is 18.1 Å². The fourth-order valence-electron chi connectivity index (χ4n) is 3.63. The second-order valence-corrected chi connectivity index (χ2v) is 9.33. The van der Waals surface area contributed by atoms with E-state index in [1.165, 1.54) is 18.2 Å². The van der Waals surface area contributed by atoms with Crippen LogP contribution in [0.15, 0.2) is 36.4 Å². The van der Waals surface area contributed by atoms with Crippen molar-refractivity contribution in [1.29, 1.82) is 0 Å². The summed E-state index contributed by atoms with van der Waals surface area (Å²) in [6.07, 6.45) is 2.87. The van der Waals surface area contributed by atoms with Crippen LogP contribution in [-0.4, -0.2) is 42.9 Å². The van der Waals surface area contributed by atoms with Crippen molar-refractivity contribution in [3.8, 4) is 0 Å². The number of esters is 1. The highest BCUT2D eigenvalue weighted by atomic mass is 32.2. The van der Waals surface area contributed by atoms with E-state index in [-0.39, 0.29) is 28.9 Å². The third kappa shape index (κ3) is 4.82. The van der Waals surface area contributed by atoms with Crippen molar-refractivity contribution in [3.05, 3.63) is 64.7 Å². The smallest absolute Gasteiger partial charge is 0.331 e. The number of benzene rings is 1. The fourth-order valence-corrected chi connectivity index (χ4v) is 5.33. The number of Topliss-reactive ketones (excluding diaryl/α,β-unsaturated/α-hetero) is 1. The molecule has 154 valence electrons. The van der Waals surface area contributed by atoms with Crippen LogP contribution in [0.5, 0.6) is 0 Å². The van der Waals surface area contributed by atoms with Gasteiger partial charge in [-0.25, -0.2) is 17.6 Å². The van der Waals surface area contributed by atoms with Crippen molar-refractivity contribution in [3.63, 3.8) is 0 Å². The molecule has 1 atom stereocenters. The zero-order chi connectivity index (χ0) is 21.2. The molecular weight excluding hydrogens is 397 g/mol. The number of ether oxygens (including phenoxy) is 1. The molecule has 0 amide bonds. The fraction of sp³-hybridized carbons (Fsp3) is 0.333. The second-order valence-electron chi connectivity index (χ2n) is 7.10. The Hall–Kier alpha value is -2.74. The van der Waals surface area contributed by atoms with Gasteiger partial charge in [-0.1, -0.05) is 18.2 Å². The molecule has 0 spiro atoms. The van der Waals surface area contributed by atoms with Gasteiger partial charge in [0.05, 0.1) is 11.5 Å². The predicted octanol–water partition coefficient (Wildman–Crippen LogP) is 3.04. The molecule has 0 unspecified atom stereocenters. The zero-order valence-corrected chi connectivity index (χ0v) is 17.0. The number of nitrogens with zero attached hydrogens (tertiary/aromatic N) is 1. The van der Waals surface area contributed by atoms with Gasteiger partial charge in [-0.3, -0.25) is 4.79 Å². The topological polar surface area (TPSA) is 82.4 Å². The Labute approximate surface area is 168 Å². The van der Waals surface area contributed by atoms with E-state index in [0.29, 0.717) is 17.7 Å². The second kappa shape index (κ2) is 8.32. The average Bonchev–Trinajstić information content (AvgIpc) is 3.17. The summed E-state index contributed by atoms with van der Waals surface area (Å²) in [5, 5.41) is 0. The summed E-state index contributed by atoms with van der Waals surface area (Å²) in [6.45, 7) is 3.12. The molecule has 2 heterocycles. The first kappa shape index (κ1) is 21.0. The van der Waals surface area contributed by atoms with E-state index in [4.69, 9.17) is 4.74 Å². The molecule has 1 aromatic heterocycles. The molecule has 1 aliphatic rings. The third-order valence-corrected chi connectivity index (χ3v) is 6.76. The highest BCUT2D eigenvalue weighted by Gasteiger charge is 2.31. The van der Waals surface area contributed by atoms with Gasteiger partial charge < -0.3 is 9.30 Å². The molecule has 1 aliphatic heterocycles. The minimum absolute atomic E-state index is 0.0623. The van der Waals surface area contributed by atoms with Gasteiger partial charge in [-0.05, 0) is 38.5 Å². The minimum Gasteiger partial charge on any atom is -0.454 e. The lowest BCUT2D eigenvalue weighted by atomic mass is 10.1. The largest absolute Gasteiger partial charge is 0.454 e. The Kier molecular flexibility index (Phi) is 6.02. The molecule has 3 rings (SSSR count). The van der Waals surface area contributed by atoms with Gasteiger partial charge in [0.2, 0.25) is 5.78 Å². The predicted molar refractivity (Wildman–Crippen MR) is 107 cm³/mol. The van der Waals surface area contributed by atoms with Crippen molar-refractivity contribution < 1.29 is 27.1 Å². The van der Waals surface area contributed by atoms with Gasteiger partial charge in [-0.15, -0.1) is 0 Å². The number of ketones is 1. The molecule has 0 radical (unpaired) electrons. The van der Waals surface area contributed by atoms with Crippen LogP contribution in [-0.2, 0) is 19.4 Å². The van der Waals surface area contributed by atoms with Gasteiger partial charge >= 0.3 is 5.97 Å². The highest BCUT2D eigenvalue weighted by molar-refractivity contribution is 7.91. The third-order valence-electron chi connectivity index (χ3n) is 5.01. The van der Waals surface area contributed by atoms with E-state index in [9.17, 15) is 22.4 Å². The monoisotopic (exact) mass is 419 g/mol. The van der Waals surface area contributed by atoms with Crippen LogP contribution >= 0.6 is 0 Å².